The average Bonchev–Trinajstić information content (AvgIpc) is 2.62. The molecule has 1 heterocycles. The fourth-order valence-corrected chi connectivity index (χ4v) is 3.14. The zero-order valence-electron chi connectivity index (χ0n) is 13.9. The van der Waals surface area contributed by atoms with Gasteiger partial charge in [0.15, 0.2) is 0 Å². The number of rotatable bonds is 6. The zero-order valence-corrected chi connectivity index (χ0v) is 13.9. The Kier molecular flexibility index (Phi) is 5.54. The van der Waals surface area contributed by atoms with Gasteiger partial charge in [-0.05, 0) is 37.5 Å². The highest BCUT2D eigenvalue weighted by atomic mass is 16.5. The summed E-state index contributed by atoms with van der Waals surface area (Å²) in [6.07, 6.45) is 2.37. The number of nitrogens with one attached hydrogen (secondary N) is 1. The zero-order chi connectivity index (χ0) is 15.9. The van der Waals surface area contributed by atoms with Crippen LogP contribution >= 0.6 is 0 Å². The number of ether oxygens (including phenoxy) is 1. The van der Waals surface area contributed by atoms with E-state index in [2.05, 4.69) is 58.7 Å². The molecule has 3 nitrogen and oxygen atoms in total. The number of nitrogens with zero attached hydrogens (tertiary/aromatic N) is 1. The first-order chi connectivity index (χ1) is 11.3. The van der Waals surface area contributed by atoms with Gasteiger partial charge in [0.1, 0.15) is 5.75 Å². The van der Waals surface area contributed by atoms with Crippen LogP contribution in [0.25, 0.3) is 0 Å². The van der Waals surface area contributed by atoms with Crippen LogP contribution in [0.5, 0.6) is 5.75 Å². The van der Waals surface area contributed by atoms with Gasteiger partial charge in [0, 0.05) is 37.4 Å². The molecule has 1 fully saturated rings. The van der Waals surface area contributed by atoms with Crippen molar-refractivity contribution in [1.82, 2.24) is 5.32 Å². The minimum Gasteiger partial charge on any atom is -0.494 e. The maximum absolute atomic E-state index is 5.61. The molecule has 2 aromatic carbocycles. The summed E-state index contributed by atoms with van der Waals surface area (Å²) in [5, 5.41) is 3.69. The van der Waals surface area contributed by atoms with Crippen molar-refractivity contribution in [2.24, 2.45) is 0 Å². The molecule has 0 aliphatic carbocycles. The van der Waals surface area contributed by atoms with Crippen LogP contribution in [0.15, 0.2) is 54.6 Å². The lowest BCUT2D eigenvalue weighted by molar-refractivity contribution is 0.340. The number of benzene rings is 2. The van der Waals surface area contributed by atoms with Gasteiger partial charge in [-0.15, -0.1) is 0 Å². The molecule has 3 heteroatoms. The van der Waals surface area contributed by atoms with Gasteiger partial charge in [-0.3, -0.25) is 0 Å². The molecule has 0 amide bonds. The first-order valence-corrected chi connectivity index (χ1v) is 8.60. The van der Waals surface area contributed by atoms with Crippen LogP contribution < -0.4 is 15.0 Å². The Balaban J connectivity index is 1.49. The van der Waals surface area contributed by atoms with Crippen molar-refractivity contribution in [3.8, 4) is 5.75 Å². The highest BCUT2D eigenvalue weighted by Crippen LogP contribution is 2.24. The highest BCUT2D eigenvalue weighted by Gasteiger charge is 2.19. The lowest BCUT2D eigenvalue weighted by Crippen LogP contribution is -2.42. The molecule has 122 valence electrons. The number of hydrogen-bond donors (Lipinski definition) is 1. The van der Waals surface area contributed by atoms with Crippen molar-refractivity contribution < 1.29 is 4.74 Å². The van der Waals surface area contributed by atoms with Crippen LogP contribution in [0.2, 0.25) is 0 Å². The molecule has 0 bridgehead atoms. The van der Waals surface area contributed by atoms with Gasteiger partial charge in [-0.25, -0.2) is 0 Å². The quantitative estimate of drug-likeness (QED) is 0.877. The van der Waals surface area contributed by atoms with Crippen LogP contribution in [0.3, 0.4) is 0 Å². The average molecular weight is 310 g/mol. The maximum atomic E-state index is 5.61. The molecule has 2 aromatic rings. The molecule has 1 N–H and O–H groups in total. The third-order valence-electron chi connectivity index (χ3n) is 4.43. The second kappa shape index (κ2) is 8.02. The van der Waals surface area contributed by atoms with Gasteiger partial charge in [0.25, 0.3) is 0 Å². The van der Waals surface area contributed by atoms with Crippen molar-refractivity contribution in [3.63, 3.8) is 0 Å². The first kappa shape index (κ1) is 15.9. The fraction of sp³-hybridized carbons (Fsp3) is 0.400. The molecular weight excluding hydrogens is 284 g/mol. The molecule has 0 atom stereocenters. The van der Waals surface area contributed by atoms with Gasteiger partial charge in [-0.2, -0.15) is 0 Å². The SMILES string of the molecule is CCOc1cccc(N2CCC(NCc3ccccc3)CC2)c1. The van der Waals surface area contributed by atoms with Crippen LogP contribution in [0, 0.1) is 0 Å². The molecule has 0 saturated carbocycles. The van der Waals surface area contributed by atoms with E-state index in [1.807, 2.05) is 13.0 Å². The van der Waals surface area contributed by atoms with E-state index >= 15 is 0 Å². The molecule has 0 radical (unpaired) electrons. The molecule has 1 aliphatic rings. The monoisotopic (exact) mass is 310 g/mol. The van der Waals surface area contributed by atoms with Crippen molar-refractivity contribution in [2.75, 3.05) is 24.6 Å². The Morgan fingerprint density at radius 3 is 2.57 bits per heavy atom. The summed E-state index contributed by atoms with van der Waals surface area (Å²) in [4.78, 5) is 2.46. The summed E-state index contributed by atoms with van der Waals surface area (Å²) in [7, 11) is 0. The third kappa shape index (κ3) is 4.49. The molecule has 0 spiro atoms. The van der Waals surface area contributed by atoms with E-state index in [1.54, 1.807) is 0 Å². The second-order valence-corrected chi connectivity index (χ2v) is 6.06. The summed E-state index contributed by atoms with van der Waals surface area (Å²) >= 11 is 0. The number of hydrogen-bond acceptors (Lipinski definition) is 3. The Morgan fingerprint density at radius 1 is 1.04 bits per heavy atom. The van der Waals surface area contributed by atoms with Crippen molar-refractivity contribution in [3.05, 3.63) is 60.2 Å². The van der Waals surface area contributed by atoms with Gasteiger partial charge in [0.2, 0.25) is 0 Å². The van der Waals surface area contributed by atoms with Crippen LogP contribution in [-0.4, -0.2) is 25.7 Å². The topological polar surface area (TPSA) is 24.5 Å². The summed E-state index contributed by atoms with van der Waals surface area (Å²) in [5.41, 5.74) is 2.64. The van der Waals surface area contributed by atoms with Crippen molar-refractivity contribution >= 4 is 5.69 Å². The molecule has 0 aromatic heterocycles. The van der Waals surface area contributed by atoms with Crippen molar-refractivity contribution in [1.29, 1.82) is 0 Å². The summed E-state index contributed by atoms with van der Waals surface area (Å²) in [5.74, 6) is 0.967. The lowest BCUT2D eigenvalue weighted by Gasteiger charge is -2.34. The van der Waals surface area contributed by atoms with Crippen LogP contribution in [-0.2, 0) is 6.54 Å². The van der Waals surface area contributed by atoms with E-state index in [1.165, 1.54) is 24.1 Å². The van der Waals surface area contributed by atoms with Crippen LogP contribution in [0.1, 0.15) is 25.3 Å². The minimum atomic E-state index is 0.613. The smallest absolute Gasteiger partial charge is 0.121 e. The fourth-order valence-electron chi connectivity index (χ4n) is 3.14. The van der Waals surface area contributed by atoms with E-state index in [4.69, 9.17) is 4.74 Å². The molecule has 23 heavy (non-hydrogen) atoms. The predicted octanol–water partition coefficient (Wildman–Crippen LogP) is 3.84. The molecule has 3 rings (SSSR count). The molecule has 0 unspecified atom stereocenters. The minimum absolute atomic E-state index is 0.613. The summed E-state index contributed by atoms with van der Waals surface area (Å²) in [6, 6.07) is 19.7. The second-order valence-electron chi connectivity index (χ2n) is 6.06. The van der Waals surface area contributed by atoms with E-state index in [0.29, 0.717) is 6.04 Å². The Labute approximate surface area is 139 Å². The van der Waals surface area contributed by atoms with E-state index in [9.17, 15) is 0 Å². The Bertz CT molecular complexity index is 592. The predicted molar refractivity (Wildman–Crippen MR) is 96.1 cm³/mol. The standard InChI is InChI=1S/C20H26N2O/c1-2-23-20-10-6-9-19(15-20)22-13-11-18(12-14-22)21-16-17-7-4-3-5-8-17/h3-10,15,18,21H,2,11-14,16H2,1H3. The molecule has 1 aliphatic heterocycles. The van der Waals surface area contributed by atoms with Gasteiger partial charge in [0.05, 0.1) is 6.61 Å². The Hall–Kier alpha value is -2.00. The summed E-state index contributed by atoms with van der Waals surface area (Å²) < 4.78 is 5.61. The molecule has 1 saturated heterocycles. The first-order valence-electron chi connectivity index (χ1n) is 8.60. The molecular formula is C20H26N2O. The van der Waals surface area contributed by atoms with Crippen molar-refractivity contribution in [2.45, 2.75) is 32.4 Å². The van der Waals surface area contributed by atoms with Gasteiger partial charge in [-0.1, -0.05) is 36.4 Å². The highest BCUT2D eigenvalue weighted by molar-refractivity contribution is 5.51. The maximum Gasteiger partial charge on any atom is 0.121 e. The van der Waals surface area contributed by atoms with Crippen LogP contribution in [0.4, 0.5) is 5.69 Å². The lowest BCUT2D eigenvalue weighted by atomic mass is 10.0. The Morgan fingerprint density at radius 2 is 1.83 bits per heavy atom. The third-order valence-corrected chi connectivity index (χ3v) is 4.43. The number of anilines is 1. The van der Waals surface area contributed by atoms with E-state index in [0.717, 1.165) is 32.0 Å². The summed E-state index contributed by atoms with van der Waals surface area (Å²) in [6.45, 7) is 5.90. The largest absolute Gasteiger partial charge is 0.494 e. The number of piperidine rings is 1. The van der Waals surface area contributed by atoms with E-state index in [-0.39, 0.29) is 0 Å². The van der Waals surface area contributed by atoms with E-state index < -0.39 is 0 Å². The van der Waals surface area contributed by atoms with Gasteiger partial charge >= 0.3 is 0 Å². The van der Waals surface area contributed by atoms with Gasteiger partial charge < -0.3 is 15.0 Å². The normalized spacial score (nSPS) is 15.6.